The first-order valence-electron chi connectivity index (χ1n) is 6.44. The van der Waals surface area contributed by atoms with Gasteiger partial charge >= 0.3 is 6.09 Å². The van der Waals surface area contributed by atoms with Gasteiger partial charge in [-0.25, -0.2) is 4.79 Å². The molecule has 1 saturated heterocycles. The van der Waals surface area contributed by atoms with Crippen LogP contribution < -0.4 is 0 Å². The zero-order chi connectivity index (χ0) is 13.6. The van der Waals surface area contributed by atoms with Gasteiger partial charge in [-0.1, -0.05) is 6.08 Å². The van der Waals surface area contributed by atoms with Crippen LogP contribution in [0.2, 0.25) is 0 Å². The third kappa shape index (κ3) is 2.16. The van der Waals surface area contributed by atoms with Crippen LogP contribution in [0.5, 0.6) is 0 Å². The van der Waals surface area contributed by atoms with Crippen molar-refractivity contribution in [3.8, 4) is 0 Å². The zero-order valence-corrected chi connectivity index (χ0v) is 11.4. The average molecular weight is 251 g/mol. The molecule has 1 amide bonds. The van der Waals surface area contributed by atoms with E-state index in [0.717, 1.165) is 12.8 Å². The molecular weight excluding hydrogens is 230 g/mol. The van der Waals surface area contributed by atoms with Gasteiger partial charge in [-0.15, -0.1) is 6.58 Å². The average Bonchev–Trinajstić information content (AvgIpc) is 2.95. The molecule has 2 fully saturated rings. The first-order valence-corrected chi connectivity index (χ1v) is 6.44. The van der Waals surface area contributed by atoms with Gasteiger partial charge in [0.1, 0.15) is 5.60 Å². The molecule has 0 radical (unpaired) electrons. The van der Waals surface area contributed by atoms with E-state index in [1.807, 2.05) is 20.8 Å². The van der Waals surface area contributed by atoms with Gasteiger partial charge in [0.15, 0.2) is 5.78 Å². The summed E-state index contributed by atoms with van der Waals surface area (Å²) in [5.74, 6) is 0.0563. The summed E-state index contributed by atoms with van der Waals surface area (Å²) in [7, 11) is 0. The quantitative estimate of drug-likeness (QED) is 0.708. The maximum Gasteiger partial charge on any atom is 0.411 e. The van der Waals surface area contributed by atoms with E-state index in [9.17, 15) is 9.59 Å². The van der Waals surface area contributed by atoms with Crippen LogP contribution in [-0.2, 0) is 9.53 Å². The van der Waals surface area contributed by atoms with E-state index in [0.29, 0.717) is 6.42 Å². The Bertz CT molecular complexity index is 390. The van der Waals surface area contributed by atoms with Crippen molar-refractivity contribution in [2.75, 3.05) is 6.54 Å². The van der Waals surface area contributed by atoms with Crippen LogP contribution in [0.4, 0.5) is 4.79 Å². The Morgan fingerprint density at radius 2 is 2.17 bits per heavy atom. The van der Waals surface area contributed by atoms with Crippen LogP contribution in [0.1, 0.15) is 40.0 Å². The van der Waals surface area contributed by atoms with Crippen molar-refractivity contribution in [1.29, 1.82) is 0 Å². The fraction of sp³-hybridized carbons (Fsp3) is 0.714. The minimum absolute atomic E-state index is 0.0810. The number of rotatable bonds is 2. The SMILES string of the molecule is C=CCC1C(=O)CN(C(=O)OC(C)(C)C)C12CC2. The van der Waals surface area contributed by atoms with Gasteiger partial charge in [0.2, 0.25) is 0 Å². The van der Waals surface area contributed by atoms with Gasteiger partial charge in [-0.05, 0) is 40.0 Å². The lowest BCUT2D eigenvalue weighted by Crippen LogP contribution is -2.43. The highest BCUT2D eigenvalue weighted by molar-refractivity contribution is 5.92. The smallest absolute Gasteiger partial charge is 0.411 e. The number of Topliss-reactive ketones (excluding diaryl/α,β-unsaturated/α-hetero) is 1. The summed E-state index contributed by atoms with van der Waals surface area (Å²) < 4.78 is 5.38. The largest absolute Gasteiger partial charge is 0.444 e. The lowest BCUT2D eigenvalue weighted by molar-refractivity contribution is -0.120. The van der Waals surface area contributed by atoms with E-state index in [-0.39, 0.29) is 29.9 Å². The molecule has 1 atom stereocenters. The first kappa shape index (κ1) is 13.1. The Hall–Kier alpha value is -1.32. The normalized spacial score (nSPS) is 25.4. The second kappa shape index (κ2) is 4.11. The predicted octanol–water partition coefficient (Wildman–Crippen LogP) is 2.53. The number of nitrogens with zero attached hydrogens (tertiary/aromatic N) is 1. The van der Waals surface area contributed by atoms with Crippen LogP contribution in [0.25, 0.3) is 0 Å². The summed E-state index contributed by atoms with van der Waals surface area (Å²) >= 11 is 0. The number of allylic oxidation sites excluding steroid dienone is 1. The molecule has 0 N–H and O–H groups in total. The topological polar surface area (TPSA) is 46.6 Å². The van der Waals surface area contributed by atoms with E-state index in [2.05, 4.69) is 6.58 Å². The lowest BCUT2D eigenvalue weighted by Gasteiger charge is -2.29. The van der Waals surface area contributed by atoms with E-state index in [4.69, 9.17) is 4.74 Å². The summed E-state index contributed by atoms with van der Waals surface area (Å²) in [6.07, 6.45) is 3.85. The molecule has 1 spiro atoms. The molecule has 1 aliphatic carbocycles. The second-order valence-electron chi connectivity index (χ2n) is 6.21. The Morgan fingerprint density at radius 1 is 1.56 bits per heavy atom. The molecule has 100 valence electrons. The van der Waals surface area contributed by atoms with E-state index >= 15 is 0 Å². The highest BCUT2D eigenvalue weighted by Gasteiger charge is 2.62. The standard InChI is InChI=1S/C14H21NO3/c1-5-6-10-11(16)9-15(14(10)7-8-14)12(17)18-13(2,3)4/h5,10H,1,6-9H2,2-4H3. The van der Waals surface area contributed by atoms with E-state index in [1.165, 1.54) is 0 Å². The number of hydrogen-bond acceptors (Lipinski definition) is 3. The molecule has 1 unspecified atom stereocenters. The van der Waals surface area contributed by atoms with Crippen molar-refractivity contribution in [3.05, 3.63) is 12.7 Å². The lowest BCUT2D eigenvalue weighted by atomic mass is 9.93. The molecule has 0 aromatic rings. The molecule has 1 saturated carbocycles. The van der Waals surface area contributed by atoms with Crippen LogP contribution >= 0.6 is 0 Å². The molecule has 0 aromatic heterocycles. The highest BCUT2D eigenvalue weighted by Crippen LogP contribution is 2.53. The Balaban J connectivity index is 2.14. The van der Waals surface area contributed by atoms with Crippen molar-refractivity contribution >= 4 is 11.9 Å². The van der Waals surface area contributed by atoms with E-state index < -0.39 is 5.60 Å². The second-order valence-corrected chi connectivity index (χ2v) is 6.21. The summed E-state index contributed by atoms with van der Waals surface area (Å²) in [5, 5.41) is 0. The van der Waals surface area contributed by atoms with Gasteiger partial charge in [0.25, 0.3) is 0 Å². The van der Waals surface area contributed by atoms with Crippen molar-refractivity contribution in [2.45, 2.75) is 51.2 Å². The Labute approximate surface area is 108 Å². The van der Waals surface area contributed by atoms with Crippen LogP contribution in [0.3, 0.4) is 0 Å². The summed E-state index contributed by atoms with van der Waals surface area (Å²) in [5.41, 5.74) is -0.791. The Kier molecular flexibility index (Phi) is 2.99. The zero-order valence-electron chi connectivity index (χ0n) is 11.4. The van der Waals surface area contributed by atoms with Crippen LogP contribution in [0.15, 0.2) is 12.7 Å². The van der Waals surface area contributed by atoms with Crippen molar-refractivity contribution < 1.29 is 14.3 Å². The third-order valence-electron chi connectivity index (χ3n) is 3.67. The maximum atomic E-state index is 12.1. The van der Waals surface area contributed by atoms with Gasteiger partial charge < -0.3 is 4.74 Å². The molecular formula is C14H21NO3. The molecule has 4 heteroatoms. The summed E-state index contributed by atoms with van der Waals surface area (Å²) in [6.45, 7) is 9.39. The van der Waals surface area contributed by atoms with Gasteiger partial charge in [0, 0.05) is 5.92 Å². The number of carbonyl (C=O) groups is 2. The number of ether oxygens (including phenoxy) is 1. The predicted molar refractivity (Wildman–Crippen MR) is 68.2 cm³/mol. The molecule has 1 heterocycles. The number of amides is 1. The fourth-order valence-corrected chi connectivity index (χ4v) is 2.74. The number of carbonyl (C=O) groups excluding carboxylic acids is 2. The third-order valence-corrected chi connectivity index (χ3v) is 3.67. The van der Waals surface area contributed by atoms with Crippen molar-refractivity contribution in [1.82, 2.24) is 4.90 Å². The summed E-state index contributed by atoms with van der Waals surface area (Å²) in [4.78, 5) is 25.8. The van der Waals surface area contributed by atoms with Crippen molar-refractivity contribution in [2.24, 2.45) is 5.92 Å². The maximum absolute atomic E-state index is 12.1. The fourth-order valence-electron chi connectivity index (χ4n) is 2.74. The molecule has 0 bridgehead atoms. The minimum Gasteiger partial charge on any atom is -0.444 e. The van der Waals surface area contributed by atoms with Crippen LogP contribution in [-0.4, -0.2) is 34.5 Å². The number of hydrogen-bond donors (Lipinski definition) is 0. The van der Waals surface area contributed by atoms with Gasteiger partial charge in [-0.2, -0.15) is 0 Å². The first-order chi connectivity index (χ1) is 8.30. The molecule has 1 aliphatic heterocycles. The monoisotopic (exact) mass is 251 g/mol. The minimum atomic E-state index is -0.521. The van der Waals surface area contributed by atoms with Gasteiger partial charge in [0.05, 0.1) is 12.1 Å². The number of ketones is 1. The number of likely N-dealkylation sites (tertiary alicyclic amines) is 1. The molecule has 18 heavy (non-hydrogen) atoms. The van der Waals surface area contributed by atoms with Gasteiger partial charge in [-0.3, -0.25) is 9.69 Å². The van der Waals surface area contributed by atoms with Crippen LogP contribution in [0, 0.1) is 5.92 Å². The molecule has 4 nitrogen and oxygen atoms in total. The molecule has 0 aromatic carbocycles. The van der Waals surface area contributed by atoms with E-state index in [1.54, 1.807) is 11.0 Å². The molecule has 2 aliphatic rings. The highest BCUT2D eigenvalue weighted by atomic mass is 16.6. The van der Waals surface area contributed by atoms with Crippen molar-refractivity contribution in [3.63, 3.8) is 0 Å². The Morgan fingerprint density at radius 3 is 2.61 bits per heavy atom. The summed E-state index contributed by atoms with van der Waals surface area (Å²) in [6, 6.07) is 0. The molecule has 2 rings (SSSR count).